The van der Waals surface area contributed by atoms with E-state index in [0.717, 1.165) is 27.7 Å². The van der Waals surface area contributed by atoms with Crippen LogP contribution in [0.4, 0.5) is 0 Å². The predicted molar refractivity (Wildman–Crippen MR) is 123 cm³/mol. The molecule has 4 aromatic rings. The van der Waals surface area contributed by atoms with Crippen molar-refractivity contribution in [3.63, 3.8) is 0 Å². The van der Waals surface area contributed by atoms with Gasteiger partial charge in [0, 0.05) is 40.4 Å². The first-order valence-corrected chi connectivity index (χ1v) is 10.5. The molecule has 3 heterocycles. The van der Waals surface area contributed by atoms with Crippen molar-refractivity contribution in [2.45, 2.75) is 12.5 Å². The number of carbonyl (C=O) groups is 1. The minimum Gasteiger partial charge on any atom is -0.267 e. The molecule has 0 spiro atoms. The molecule has 1 aliphatic rings. The molecule has 0 saturated carbocycles. The summed E-state index contributed by atoms with van der Waals surface area (Å²) in [5, 5.41) is 8.16. The van der Waals surface area contributed by atoms with Crippen molar-refractivity contribution in [3.05, 3.63) is 106 Å². The van der Waals surface area contributed by atoms with Crippen molar-refractivity contribution in [2.24, 2.45) is 5.10 Å². The Morgan fingerprint density at radius 2 is 1.71 bits per heavy atom. The van der Waals surface area contributed by atoms with Gasteiger partial charge in [0.25, 0.3) is 5.91 Å². The lowest BCUT2D eigenvalue weighted by atomic mass is 9.98. The lowest BCUT2D eigenvalue weighted by Gasteiger charge is -2.23. The van der Waals surface area contributed by atoms with E-state index in [4.69, 9.17) is 28.3 Å². The Bertz CT molecular complexity index is 1310. The average molecular weight is 447 g/mol. The number of hydrazone groups is 1. The first kappa shape index (κ1) is 19.7. The number of nitrogens with zero attached hydrogens (tertiary/aromatic N) is 4. The largest absolute Gasteiger partial charge is 0.274 e. The maximum atomic E-state index is 13.3. The molecule has 5 nitrogen and oxygen atoms in total. The zero-order valence-corrected chi connectivity index (χ0v) is 17.8. The summed E-state index contributed by atoms with van der Waals surface area (Å²) in [6, 6.07) is 20.1. The van der Waals surface area contributed by atoms with Crippen molar-refractivity contribution < 1.29 is 4.79 Å². The molecule has 1 aliphatic heterocycles. The van der Waals surface area contributed by atoms with E-state index in [-0.39, 0.29) is 11.9 Å². The highest BCUT2D eigenvalue weighted by Gasteiger charge is 2.35. The van der Waals surface area contributed by atoms with Gasteiger partial charge in [-0.3, -0.25) is 9.78 Å². The molecule has 152 valence electrons. The van der Waals surface area contributed by atoms with Gasteiger partial charge in [0.05, 0.1) is 17.3 Å². The van der Waals surface area contributed by atoms with Gasteiger partial charge in [0.1, 0.15) is 5.15 Å². The van der Waals surface area contributed by atoms with Crippen molar-refractivity contribution in [2.75, 3.05) is 0 Å². The molecule has 0 radical (unpaired) electrons. The van der Waals surface area contributed by atoms with E-state index in [1.54, 1.807) is 24.5 Å². The van der Waals surface area contributed by atoms with Gasteiger partial charge in [-0.1, -0.05) is 53.5 Å². The number of pyridine rings is 2. The van der Waals surface area contributed by atoms with Crippen LogP contribution in [-0.2, 0) is 0 Å². The zero-order chi connectivity index (χ0) is 21.4. The Balaban J connectivity index is 1.60. The summed E-state index contributed by atoms with van der Waals surface area (Å²) in [6.07, 6.45) is 3.69. The van der Waals surface area contributed by atoms with E-state index < -0.39 is 0 Å². The van der Waals surface area contributed by atoms with E-state index in [1.807, 2.05) is 54.6 Å². The third-order valence-electron chi connectivity index (χ3n) is 5.29. The third kappa shape index (κ3) is 3.78. The highest BCUT2D eigenvalue weighted by atomic mass is 35.5. The Morgan fingerprint density at radius 1 is 0.968 bits per heavy atom. The SMILES string of the molecule is O=C(c1ccncc1)N1N=C(c2ccc(Cl)cc2)CC1c1cc2ccccc2nc1Cl. The van der Waals surface area contributed by atoms with E-state index in [0.29, 0.717) is 22.2 Å². The maximum absolute atomic E-state index is 13.3. The Kier molecular flexibility index (Phi) is 5.14. The number of aromatic nitrogens is 2. The molecule has 0 bridgehead atoms. The van der Waals surface area contributed by atoms with E-state index in [9.17, 15) is 4.79 Å². The van der Waals surface area contributed by atoms with Crippen LogP contribution in [0.15, 0.2) is 84.2 Å². The zero-order valence-electron chi connectivity index (χ0n) is 16.2. The Morgan fingerprint density at radius 3 is 2.48 bits per heavy atom. The standard InChI is InChI=1S/C24H16Cl2N4O/c25-18-7-5-15(6-8-18)21-14-22(30(29-21)24(31)16-9-11-27-12-10-16)19-13-17-3-1-2-4-20(17)28-23(19)26/h1-13,22H,14H2. The van der Waals surface area contributed by atoms with Gasteiger partial charge in [-0.25, -0.2) is 9.99 Å². The summed E-state index contributed by atoms with van der Waals surface area (Å²) in [5.41, 5.74) is 3.76. The molecule has 31 heavy (non-hydrogen) atoms. The van der Waals surface area contributed by atoms with Crippen molar-refractivity contribution in [1.29, 1.82) is 0 Å². The first-order chi connectivity index (χ1) is 15.1. The van der Waals surface area contributed by atoms with Gasteiger partial charge in [-0.05, 0) is 42.0 Å². The van der Waals surface area contributed by atoms with Gasteiger partial charge in [0.2, 0.25) is 0 Å². The van der Waals surface area contributed by atoms with Crippen LogP contribution in [0.2, 0.25) is 10.2 Å². The van der Waals surface area contributed by atoms with Crippen LogP contribution in [0.1, 0.15) is 33.9 Å². The molecule has 0 aliphatic carbocycles. The van der Waals surface area contributed by atoms with Crippen molar-refractivity contribution in [3.8, 4) is 0 Å². The normalized spacial score (nSPS) is 15.9. The van der Waals surface area contributed by atoms with Crippen LogP contribution in [-0.4, -0.2) is 26.6 Å². The predicted octanol–water partition coefficient (Wildman–Crippen LogP) is 5.93. The Hall–Kier alpha value is -3.28. The quantitative estimate of drug-likeness (QED) is 0.366. The summed E-state index contributed by atoms with van der Waals surface area (Å²) in [7, 11) is 0. The smallest absolute Gasteiger partial charge is 0.267 e. The van der Waals surface area contributed by atoms with Gasteiger partial charge in [-0.2, -0.15) is 5.10 Å². The fourth-order valence-corrected chi connectivity index (χ4v) is 4.12. The second kappa shape index (κ2) is 8.10. The fourth-order valence-electron chi connectivity index (χ4n) is 3.73. The van der Waals surface area contributed by atoms with Crippen molar-refractivity contribution in [1.82, 2.24) is 15.0 Å². The molecule has 1 unspecified atom stereocenters. The van der Waals surface area contributed by atoms with Gasteiger partial charge < -0.3 is 0 Å². The van der Waals surface area contributed by atoms with E-state index >= 15 is 0 Å². The fraction of sp³-hybridized carbons (Fsp3) is 0.0833. The van der Waals surface area contributed by atoms with Crippen LogP contribution in [0.25, 0.3) is 10.9 Å². The Labute approximate surface area is 189 Å². The second-order valence-electron chi connectivity index (χ2n) is 7.22. The monoisotopic (exact) mass is 446 g/mol. The average Bonchev–Trinajstić information content (AvgIpc) is 3.24. The number of hydrogen-bond acceptors (Lipinski definition) is 4. The number of fused-ring (bicyclic) bond motifs is 1. The van der Waals surface area contributed by atoms with Crippen LogP contribution >= 0.6 is 23.2 Å². The number of para-hydroxylation sites is 1. The van der Waals surface area contributed by atoms with Crippen LogP contribution in [0, 0.1) is 0 Å². The summed E-state index contributed by atoms with van der Waals surface area (Å²) in [5.74, 6) is -0.222. The van der Waals surface area contributed by atoms with Crippen LogP contribution in [0.5, 0.6) is 0 Å². The lowest BCUT2D eigenvalue weighted by molar-refractivity contribution is 0.0711. The third-order valence-corrected chi connectivity index (χ3v) is 5.84. The molecule has 5 rings (SSSR count). The van der Waals surface area contributed by atoms with Crippen LogP contribution in [0.3, 0.4) is 0 Å². The molecule has 0 saturated heterocycles. The summed E-state index contributed by atoms with van der Waals surface area (Å²) in [6.45, 7) is 0. The number of rotatable bonds is 3. The number of benzene rings is 2. The molecule has 2 aromatic carbocycles. The molecule has 7 heteroatoms. The molecule has 0 N–H and O–H groups in total. The lowest BCUT2D eigenvalue weighted by Crippen LogP contribution is -2.27. The summed E-state index contributed by atoms with van der Waals surface area (Å²) < 4.78 is 0. The van der Waals surface area contributed by atoms with Gasteiger partial charge in [-0.15, -0.1) is 0 Å². The molecular formula is C24H16Cl2N4O. The van der Waals surface area contributed by atoms with E-state index in [1.165, 1.54) is 5.01 Å². The second-order valence-corrected chi connectivity index (χ2v) is 8.01. The summed E-state index contributed by atoms with van der Waals surface area (Å²) >= 11 is 12.6. The first-order valence-electron chi connectivity index (χ1n) is 9.72. The van der Waals surface area contributed by atoms with Gasteiger partial charge in [0.15, 0.2) is 0 Å². The number of hydrogen-bond donors (Lipinski definition) is 0. The molecule has 1 atom stereocenters. The van der Waals surface area contributed by atoms with Crippen molar-refractivity contribution >= 4 is 45.7 Å². The maximum Gasteiger partial charge on any atom is 0.274 e. The number of halogens is 2. The number of carbonyl (C=O) groups excluding carboxylic acids is 1. The van der Waals surface area contributed by atoms with Gasteiger partial charge >= 0.3 is 0 Å². The minimum atomic E-state index is -0.379. The molecule has 2 aromatic heterocycles. The number of amides is 1. The van der Waals surface area contributed by atoms with Crippen LogP contribution < -0.4 is 0 Å². The minimum absolute atomic E-state index is 0.222. The summed E-state index contributed by atoms with van der Waals surface area (Å²) in [4.78, 5) is 21.9. The highest BCUT2D eigenvalue weighted by Crippen LogP contribution is 2.38. The molecule has 1 amide bonds. The highest BCUT2D eigenvalue weighted by molar-refractivity contribution is 6.31. The molecule has 0 fully saturated rings. The molecular weight excluding hydrogens is 431 g/mol. The topological polar surface area (TPSA) is 58.5 Å². The van der Waals surface area contributed by atoms with E-state index in [2.05, 4.69) is 9.97 Å².